The summed E-state index contributed by atoms with van der Waals surface area (Å²) in [5.41, 5.74) is 2.20. The van der Waals surface area contributed by atoms with Gasteiger partial charge in [0.25, 0.3) is 5.91 Å². The van der Waals surface area contributed by atoms with E-state index in [1.807, 2.05) is 65.7 Å². The summed E-state index contributed by atoms with van der Waals surface area (Å²) in [6, 6.07) is 19.6. The molecular formula is C24H23N3O3. The minimum absolute atomic E-state index is 0.0457. The fourth-order valence-corrected chi connectivity index (χ4v) is 3.84. The molecule has 2 aromatic carbocycles. The summed E-state index contributed by atoms with van der Waals surface area (Å²) in [5.74, 6) is -0.967. The van der Waals surface area contributed by atoms with Crippen LogP contribution in [0.5, 0.6) is 5.75 Å². The normalized spacial score (nSPS) is 13.5. The van der Waals surface area contributed by atoms with E-state index in [1.165, 1.54) is 4.90 Å². The van der Waals surface area contributed by atoms with E-state index in [9.17, 15) is 14.7 Å². The van der Waals surface area contributed by atoms with Crippen molar-refractivity contribution in [1.82, 2.24) is 9.58 Å². The van der Waals surface area contributed by atoms with Crippen molar-refractivity contribution >= 4 is 11.5 Å². The van der Waals surface area contributed by atoms with Crippen molar-refractivity contribution in [1.29, 1.82) is 0 Å². The smallest absolute Gasteiger partial charge is 0.277 e. The van der Waals surface area contributed by atoms with Crippen LogP contribution in [0.2, 0.25) is 0 Å². The lowest BCUT2D eigenvalue weighted by molar-refractivity contribution is 0.0726. The number of aromatic hydroxyl groups is 1. The van der Waals surface area contributed by atoms with Gasteiger partial charge in [-0.2, -0.15) is 0 Å². The van der Waals surface area contributed by atoms with Crippen molar-refractivity contribution in [2.45, 2.75) is 13.0 Å². The first kappa shape index (κ1) is 19.5. The first-order chi connectivity index (χ1) is 14.4. The topological polar surface area (TPSA) is 65.8 Å². The molecule has 0 aliphatic carbocycles. The molecule has 1 aliphatic rings. The molecular weight excluding hydrogens is 378 g/mol. The zero-order valence-corrected chi connectivity index (χ0v) is 16.9. The fraction of sp³-hybridized carbons (Fsp3) is 0.167. The second-order valence-electron chi connectivity index (χ2n) is 7.50. The number of carbonyl (C=O) groups excluding carboxylic acids is 1. The van der Waals surface area contributed by atoms with Crippen molar-refractivity contribution in [3.8, 4) is 5.75 Å². The van der Waals surface area contributed by atoms with Gasteiger partial charge < -0.3 is 10.0 Å². The Labute approximate surface area is 174 Å². The number of hydrogen-bond donors (Lipinski definition) is 1. The Morgan fingerprint density at radius 3 is 2.03 bits per heavy atom. The van der Waals surface area contributed by atoms with E-state index >= 15 is 0 Å². The Kier molecular flexibility index (Phi) is 4.91. The van der Waals surface area contributed by atoms with Gasteiger partial charge in [-0.3, -0.25) is 19.3 Å². The average molecular weight is 401 g/mol. The molecule has 0 atom stereocenters. The molecule has 4 rings (SSSR count). The van der Waals surface area contributed by atoms with Gasteiger partial charge in [-0.05, 0) is 23.6 Å². The highest BCUT2D eigenvalue weighted by Crippen LogP contribution is 2.32. The lowest BCUT2D eigenvalue weighted by atomic mass is 9.98. The number of fused-ring (bicyclic) bond motifs is 1. The van der Waals surface area contributed by atoms with E-state index in [2.05, 4.69) is 6.58 Å². The Bertz CT molecular complexity index is 1130. The molecule has 1 amide bonds. The van der Waals surface area contributed by atoms with E-state index in [0.29, 0.717) is 5.57 Å². The van der Waals surface area contributed by atoms with Gasteiger partial charge in [0.15, 0.2) is 11.4 Å². The maximum absolute atomic E-state index is 12.9. The van der Waals surface area contributed by atoms with Crippen LogP contribution < -0.4 is 10.4 Å². The number of rotatable bonds is 4. The van der Waals surface area contributed by atoms with Crippen LogP contribution in [0.15, 0.2) is 78.2 Å². The van der Waals surface area contributed by atoms with Crippen LogP contribution in [-0.4, -0.2) is 34.3 Å². The Morgan fingerprint density at radius 2 is 1.53 bits per heavy atom. The lowest BCUT2D eigenvalue weighted by Crippen LogP contribution is -2.54. The summed E-state index contributed by atoms with van der Waals surface area (Å²) in [5, 5.41) is 12.6. The number of carbonyl (C=O) groups is 1. The molecule has 0 saturated heterocycles. The second kappa shape index (κ2) is 7.55. The number of allylic oxidation sites excluding steroid dienone is 1. The minimum atomic E-state index is -0.590. The van der Waals surface area contributed by atoms with Crippen molar-refractivity contribution in [2.75, 3.05) is 18.7 Å². The average Bonchev–Trinajstić information content (AvgIpc) is 2.75. The zero-order valence-electron chi connectivity index (χ0n) is 16.9. The van der Waals surface area contributed by atoms with Crippen molar-refractivity contribution in [3.63, 3.8) is 0 Å². The third kappa shape index (κ3) is 3.16. The van der Waals surface area contributed by atoms with Gasteiger partial charge in [-0.15, -0.1) is 0 Å². The molecule has 3 aromatic rings. The number of nitrogens with zero attached hydrogens (tertiary/aromatic N) is 3. The molecule has 0 unspecified atom stereocenters. The summed E-state index contributed by atoms with van der Waals surface area (Å²) in [6.07, 6.45) is 1.60. The minimum Gasteiger partial charge on any atom is -0.502 e. The first-order valence-electron chi connectivity index (χ1n) is 9.67. The highest BCUT2D eigenvalue weighted by atomic mass is 16.3. The zero-order chi connectivity index (χ0) is 21.4. The number of benzene rings is 2. The van der Waals surface area contributed by atoms with Crippen molar-refractivity contribution in [2.24, 2.45) is 0 Å². The number of pyridine rings is 1. The maximum Gasteiger partial charge on any atom is 0.277 e. The molecule has 1 aliphatic heterocycles. The van der Waals surface area contributed by atoms with Gasteiger partial charge in [0, 0.05) is 18.8 Å². The van der Waals surface area contributed by atoms with Crippen LogP contribution in [0.3, 0.4) is 0 Å². The van der Waals surface area contributed by atoms with Crippen LogP contribution in [0, 0.1) is 0 Å². The highest BCUT2D eigenvalue weighted by molar-refractivity contribution is 5.96. The number of amides is 1. The fourth-order valence-electron chi connectivity index (χ4n) is 3.84. The van der Waals surface area contributed by atoms with Gasteiger partial charge >= 0.3 is 0 Å². The highest BCUT2D eigenvalue weighted by Gasteiger charge is 2.35. The van der Waals surface area contributed by atoms with Crippen LogP contribution in [-0.2, 0) is 0 Å². The maximum atomic E-state index is 12.9. The molecule has 2 heterocycles. The van der Waals surface area contributed by atoms with Crippen molar-refractivity contribution in [3.05, 3.63) is 106 Å². The van der Waals surface area contributed by atoms with Gasteiger partial charge in [0.1, 0.15) is 6.67 Å². The van der Waals surface area contributed by atoms with E-state index in [1.54, 1.807) is 24.8 Å². The molecule has 0 saturated carbocycles. The molecule has 6 nitrogen and oxygen atoms in total. The summed E-state index contributed by atoms with van der Waals surface area (Å²) in [6.45, 7) is 5.84. The summed E-state index contributed by atoms with van der Waals surface area (Å²) < 4.78 is 1.60. The number of hydrogen-bond acceptors (Lipinski definition) is 4. The van der Waals surface area contributed by atoms with Gasteiger partial charge in [0.05, 0.1) is 6.04 Å². The van der Waals surface area contributed by atoms with E-state index in [4.69, 9.17) is 0 Å². The molecule has 152 valence electrons. The Balaban J connectivity index is 2.00. The van der Waals surface area contributed by atoms with Gasteiger partial charge in [-0.1, -0.05) is 67.2 Å². The Hall–Kier alpha value is -3.80. The summed E-state index contributed by atoms with van der Waals surface area (Å²) in [7, 11) is 1.66. The molecule has 0 bridgehead atoms. The third-order valence-corrected chi connectivity index (χ3v) is 5.34. The molecule has 1 aromatic heterocycles. The molecule has 1 N–H and O–H groups in total. The SMILES string of the molecule is C=C(C)c1cn2c(c(O)c1=O)C(=O)N(C)CN2C(c1ccccc1)c1ccccc1. The van der Waals surface area contributed by atoms with Gasteiger partial charge in [-0.25, -0.2) is 0 Å². The molecule has 30 heavy (non-hydrogen) atoms. The summed E-state index contributed by atoms with van der Waals surface area (Å²) in [4.78, 5) is 27.0. The number of aromatic nitrogens is 1. The molecule has 6 heteroatoms. The van der Waals surface area contributed by atoms with Crippen LogP contribution >= 0.6 is 0 Å². The standard InChI is InChI=1S/C24H23N3O3/c1-16(2)19-14-26-21(23(29)22(19)28)24(30)25(3)15-27(26)20(17-10-6-4-7-11-17)18-12-8-5-9-13-18/h4-14,20,29H,1,15H2,2-3H3. The van der Waals surface area contributed by atoms with Crippen LogP contribution in [0.4, 0.5) is 0 Å². The molecule has 0 radical (unpaired) electrons. The third-order valence-electron chi connectivity index (χ3n) is 5.34. The second-order valence-corrected chi connectivity index (χ2v) is 7.50. The van der Waals surface area contributed by atoms with Crippen LogP contribution in [0.1, 0.15) is 40.1 Å². The van der Waals surface area contributed by atoms with Gasteiger partial charge in [0.2, 0.25) is 5.43 Å². The molecule has 0 spiro atoms. The Morgan fingerprint density at radius 1 is 1.00 bits per heavy atom. The van der Waals surface area contributed by atoms with E-state index < -0.39 is 17.1 Å². The largest absolute Gasteiger partial charge is 0.502 e. The van der Waals surface area contributed by atoms with Crippen molar-refractivity contribution < 1.29 is 9.90 Å². The van der Waals surface area contributed by atoms with Crippen LogP contribution in [0.25, 0.3) is 5.57 Å². The predicted molar refractivity (Wildman–Crippen MR) is 117 cm³/mol. The van der Waals surface area contributed by atoms with E-state index in [-0.39, 0.29) is 24.0 Å². The molecule has 0 fully saturated rings. The summed E-state index contributed by atoms with van der Waals surface area (Å²) >= 11 is 0. The predicted octanol–water partition coefficient (Wildman–Crippen LogP) is 3.36. The first-order valence-corrected chi connectivity index (χ1v) is 9.67. The van der Waals surface area contributed by atoms with E-state index in [0.717, 1.165) is 11.1 Å². The lowest BCUT2D eigenvalue weighted by Gasteiger charge is -2.43. The quantitative estimate of drug-likeness (QED) is 0.728. The monoisotopic (exact) mass is 401 g/mol.